The maximum atomic E-state index is 4.70. The molecule has 0 saturated carbocycles. The molecule has 1 saturated heterocycles. The molecule has 0 N–H and O–H groups in total. The van der Waals surface area contributed by atoms with Crippen molar-refractivity contribution in [2.75, 3.05) is 11.4 Å². The van der Waals surface area contributed by atoms with Gasteiger partial charge in [-0.25, -0.2) is 9.97 Å². The Balaban J connectivity index is 1.90. The van der Waals surface area contributed by atoms with Gasteiger partial charge in [-0.2, -0.15) is 0 Å². The summed E-state index contributed by atoms with van der Waals surface area (Å²) in [5, 5.41) is 0. The zero-order valence-electron chi connectivity index (χ0n) is 9.24. The quantitative estimate of drug-likeness (QED) is 0.698. The smallest absolute Gasteiger partial charge is 0.225 e. The largest absolute Gasteiger partial charge is 0.338 e. The summed E-state index contributed by atoms with van der Waals surface area (Å²) in [6.07, 6.45) is 8.23. The highest BCUT2D eigenvalue weighted by Crippen LogP contribution is 2.25. The van der Waals surface area contributed by atoms with E-state index in [1.807, 2.05) is 6.20 Å². The van der Waals surface area contributed by atoms with Crippen LogP contribution in [-0.2, 0) is 12.8 Å². The molecule has 3 nitrogen and oxygen atoms in total. The van der Waals surface area contributed by atoms with Gasteiger partial charge in [0.2, 0.25) is 5.95 Å². The highest BCUT2D eigenvalue weighted by molar-refractivity contribution is 5.38. The lowest BCUT2D eigenvalue weighted by atomic mass is 9.97. The van der Waals surface area contributed by atoms with E-state index >= 15 is 0 Å². The molecule has 0 radical (unpaired) electrons. The SMILES string of the molecule is CC1CCN1c1ncc2c(n1)CCCC2. The van der Waals surface area contributed by atoms with Gasteiger partial charge in [0.05, 0.1) is 0 Å². The van der Waals surface area contributed by atoms with E-state index in [-0.39, 0.29) is 0 Å². The van der Waals surface area contributed by atoms with E-state index < -0.39 is 0 Å². The van der Waals surface area contributed by atoms with Gasteiger partial charge in [-0.15, -0.1) is 0 Å². The molecule has 0 bridgehead atoms. The summed E-state index contributed by atoms with van der Waals surface area (Å²) < 4.78 is 0. The van der Waals surface area contributed by atoms with Crippen LogP contribution in [0.3, 0.4) is 0 Å². The van der Waals surface area contributed by atoms with E-state index in [4.69, 9.17) is 4.98 Å². The van der Waals surface area contributed by atoms with Crippen LogP contribution in [0.2, 0.25) is 0 Å². The molecule has 0 aromatic carbocycles. The van der Waals surface area contributed by atoms with Crippen molar-refractivity contribution in [3.05, 3.63) is 17.5 Å². The van der Waals surface area contributed by atoms with Gasteiger partial charge in [-0.3, -0.25) is 0 Å². The van der Waals surface area contributed by atoms with Gasteiger partial charge >= 0.3 is 0 Å². The summed E-state index contributed by atoms with van der Waals surface area (Å²) >= 11 is 0. The molecule has 0 amide bonds. The molecular weight excluding hydrogens is 186 g/mol. The van der Waals surface area contributed by atoms with Crippen LogP contribution in [0.1, 0.15) is 37.4 Å². The summed E-state index contributed by atoms with van der Waals surface area (Å²) in [6, 6.07) is 0.631. The number of hydrogen-bond donors (Lipinski definition) is 0. The van der Waals surface area contributed by atoms with E-state index in [0.29, 0.717) is 6.04 Å². The number of aryl methyl sites for hydroxylation is 2. The average Bonchev–Trinajstić information content (AvgIpc) is 2.27. The Hall–Kier alpha value is -1.12. The van der Waals surface area contributed by atoms with Crippen molar-refractivity contribution in [3.8, 4) is 0 Å². The fourth-order valence-electron chi connectivity index (χ4n) is 2.42. The average molecular weight is 203 g/mol. The molecule has 1 aliphatic heterocycles. The lowest BCUT2D eigenvalue weighted by molar-refractivity contribution is 0.468. The third kappa shape index (κ3) is 1.50. The Labute approximate surface area is 90.5 Å². The maximum absolute atomic E-state index is 4.70. The fraction of sp³-hybridized carbons (Fsp3) is 0.667. The molecule has 1 unspecified atom stereocenters. The van der Waals surface area contributed by atoms with Gasteiger partial charge in [-0.05, 0) is 44.6 Å². The van der Waals surface area contributed by atoms with Crippen LogP contribution in [0, 0.1) is 0 Å². The first-order valence-corrected chi connectivity index (χ1v) is 5.96. The van der Waals surface area contributed by atoms with Crippen molar-refractivity contribution < 1.29 is 0 Å². The second-order valence-electron chi connectivity index (χ2n) is 4.68. The van der Waals surface area contributed by atoms with Crippen LogP contribution in [0.5, 0.6) is 0 Å². The van der Waals surface area contributed by atoms with E-state index in [1.165, 1.54) is 36.9 Å². The highest BCUT2D eigenvalue weighted by atomic mass is 15.3. The molecule has 80 valence electrons. The molecule has 1 aliphatic carbocycles. The van der Waals surface area contributed by atoms with Crippen LogP contribution >= 0.6 is 0 Å². The Bertz CT molecular complexity index is 375. The predicted molar refractivity (Wildman–Crippen MR) is 60.1 cm³/mol. The van der Waals surface area contributed by atoms with E-state index in [0.717, 1.165) is 18.9 Å². The first kappa shape index (κ1) is 9.13. The van der Waals surface area contributed by atoms with Crippen molar-refractivity contribution >= 4 is 5.95 Å². The van der Waals surface area contributed by atoms with Crippen molar-refractivity contribution in [3.63, 3.8) is 0 Å². The summed E-state index contributed by atoms with van der Waals surface area (Å²) in [5.41, 5.74) is 2.67. The number of nitrogens with zero attached hydrogens (tertiary/aromatic N) is 3. The highest BCUT2D eigenvalue weighted by Gasteiger charge is 2.26. The zero-order valence-corrected chi connectivity index (χ0v) is 9.24. The normalized spacial score (nSPS) is 24.6. The summed E-state index contributed by atoms with van der Waals surface area (Å²) in [4.78, 5) is 11.5. The van der Waals surface area contributed by atoms with Crippen molar-refractivity contribution in [1.82, 2.24) is 9.97 Å². The lowest BCUT2D eigenvalue weighted by Crippen LogP contribution is -2.46. The molecule has 1 aromatic rings. The Kier molecular flexibility index (Phi) is 2.11. The first-order chi connectivity index (χ1) is 7.34. The molecular formula is C12H17N3. The third-order valence-corrected chi connectivity index (χ3v) is 3.63. The lowest BCUT2D eigenvalue weighted by Gasteiger charge is -2.39. The molecule has 3 rings (SSSR count). The maximum Gasteiger partial charge on any atom is 0.225 e. The number of anilines is 1. The molecule has 2 aliphatic rings. The van der Waals surface area contributed by atoms with Crippen LogP contribution < -0.4 is 4.90 Å². The molecule has 1 fully saturated rings. The summed E-state index contributed by atoms with van der Waals surface area (Å²) in [7, 11) is 0. The standard InChI is InChI=1S/C12H17N3/c1-9-6-7-15(9)12-13-8-10-4-2-3-5-11(10)14-12/h8-9H,2-7H2,1H3. The van der Waals surface area contributed by atoms with Crippen molar-refractivity contribution in [2.45, 2.75) is 45.1 Å². The third-order valence-electron chi connectivity index (χ3n) is 3.63. The Morgan fingerprint density at radius 1 is 1.33 bits per heavy atom. The first-order valence-electron chi connectivity index (χ1n) is 5.96. The molecule has 1 atom stereocenters. The van der Waals surface area contributed by atoms with Gasteiger partial charge < -0.3 is 4.90 Å². The van der Waals surface area contributed by atoms with Gasteiger partial charge in [0.15, 0.2) is 0 Å². The second-order valence-corrected chi connectivity index (χ2v) is 4.68. The molecule has 3 heteroatoms. The van der Waals surface area contributed by atoms with E-state index in [2.05, 4.69) is 16.8 Å². The van der Waals surface area contributed by atoms with Gasteiger partial charge in [-0.1, -0.05) is 0 Å². The monoisotopic (exact) mass is 203 g/mol. The molecule has 15 heavy (non-hydrogen) atoms. The van der Waals surface area contributed by atoms with Gasteiger partial charge in [0.25, 0.3) is 0 Å². The number of hydrogen-bond acceptors (Lipinski definition) is 3. The Morgan fingerprint density at radius 3 is 2.93 bits per heavy atom. The topological polar surface area (TPSA) is 29.0 Å². The van der Waals surface area contributed by atoms with E-state index in [9.17, 15) is 0 Å². The minimum absolute atomic E-state index is 0.631. The Morgan fingerprint density at radius 2 is 2.20 bits per heavy atom. The molecule has 2 heterocycles. The summed E-state index contributed by atoms with van der Waals surface area (Å²) in [6.45, 7) is 3.37. The number of fused-ring (bicyclic) bond motifs is 1. The van der Waals surface area contributed by atoms with Crippen LogP contribution in [0.15, 0.2) is 6.20 Å². The van der Waals surface area contributed by atoms with Gasteiger partial charge in [0, 0.05) is 24.5 Å². The number of aromatic nitrogens is 2. The molecule has 0 spiro atoms. The van der Waals surface area contributed by atoms with Crippen LogP contribution in [-0.4, -0.2) is 22.6 Å². The summed E-state index contributed by atoms with van der Waals surface area (Å²) in [5.74, 6) is 0.953. The number of rotatable bonds is 1. The predicted octanol–water partition coefficient (Wildman–Crippen LogP) is 1.95. The molecule has 1 aromatic heterocycles. The second kappa shape index (κ2) is 3.47. The van der Waals surface area contributed by atoms with Gasteiger partial charge in [0.1, 0.15) is 0 Å². The van der Waals surface area contributed by atoms with Crippen molar-refractivity contribution in [2.24, 2.45) is 0 Å². The van der Waals surface area contributed by atoms with Crippen molar-refractivity contribution in [1.29, 1.82) is 0 Å². The minimum atomic E-state index is 0.631. The van der Waals surface area contributed by atoms with E-state index in [1.54, 1.807) is 0 Å². The fourth-order valence-corrected chi connectivity index (χ4v) is 2.42. The van der Waals surface area contributed by atoms with Crippen LogP contribution in [0.4, 0.5) is 5.95 Å². The zero-order chi connectivity index (χ0) is 10.3. The van der Waals surface area contributed by atoms with Crippen LogP contribution in [0.25, 0.3) is 0 Å². The minimum Gasteiger partial charge on any atom is -0.338 e.